The van der Waals surface area contributed by atoms with Crippen molar-refractivity contribution in [1.29, 1.82) is 0 Å². The Morgan fingerprint density at radius 1 is 1.05 bits per heavy atom. The van der Waals surface area contributed by atoms with Crippen molar-refractivity contribution in [1.82, 2.24) is 4.90 Å². The van der Waals surface area contributed by atoms with Crippen LogP contribution in [0.15, 0.2) is 66.7 Å². The van der Waals surface area contributed by atoms with E-state index in [1.807, 2.05) is 37.3 Å². The van der Waals surface area contributed by atoms with Gasteiger partial charge >= 0.3 is 0 Å². The summed E-state index contributed by atoms with van der Waals surface area (Å²) in [4.78, 5) is 42.3. The molecule has 0 aliphatic carbocycles. The van der Waals surface area contributed by atoms with Gasteiger partial charge in [-0.15, -0.1) is 0 Å². The number of hydrogen-bond acceptors (Lipinski definition) is 4. The molecule has 1 aliphatic rings. The van der Waals surface area contributed by atoms with Gasteiger partial charge in [0.05, 0.1) is 12.6 Å². The van der Waals surface area contributed by atoms with Gasteiger partial charge in [-0.2, -0.15) is 0 Å². The molecule has 0 bridgehead atoms. The Labute approximate surface area is 228 Å². The molecule has 0 aromatic heterocycles. The van der Waals surface area contributed by atoms with Gasteiger partial charge in [0.1, 0.15) is 0 Å². The maximum absolute atomic E-state index is 13.8. The van der Waals surface area contributed by atoms with E-state index in [1.165, 1.54) is 0 Å². The number of anilines is 2. The molecule has 38 heavy (non-hydrogen) atoms. The molecule has 8 heteroatoms. The molecule has 0 spiro atoms. The molecule has 1 N–H and O–H groups in total. The van der Waals surface area contributed by atoms with Crippen molar-refractivity contribution in [2.75, 3.05) is 38.0 Å². The SMILES string of the molecule is COC1CC(CC(=O)N(C)C)c2cc(Cl)ccc2N(C(=O)c2ccc(NC(=O)c3ccccc3C)cc2)C1. The van der Waals surface area contributed by atoms with Gasteiger partial charge < -0.3 is 19.9 Å². The van der Waals surface area contributed by atoms with Crippen LogP contribution in [0, 0.1) is 6.92 Å². The molecule has 4 rings (SSSR count). The average molecular weight is 534 g/mol. The summed E-state index contributed by atoms with van der Waals surface area (Å²) in [6, 6.07) is 19.6. The van der Waals surface area contributed by atoms with Gasteiger partial charge in [0.2, 0.25) is 5.91 Å². The summed E-state index contributed by atoms with van der Waals surface area (Å²) in [6.07, 6.45) is 0.604. The number of nitrogens with one attached hydrogen (secondary N) is 1. The Morgan fingerprint density at radius 3 is 2.42 bits per heavy atom. The number of ether oxygens (including phenoxy) is 1. The van der Waals surface area contributed by atoms with Gasteiger partial charge in [0.25, 0.3) is 11.8 Å². The molecule has 0 radical (unpaired) electrons. The van der Waals surface area contributed by atoms with Crippen LogP contribution in [0.1, 0.15) is 50.6 Å². The maximum Gasteiger partial charge on any atom is 0.258 e. The smallest absolute Gasteiger partial charge is 0.258 e. The number of methoxy groups -OCH3 is 1. The van der Waals surface area contributed by atoms with Crippen LogP contribution in [0.5, 0.6) is 0 Å². The molecule has 2 unspecified atom stereocenters. The fraction of sp³-hybridized carbons (Fsp3) is 0.300. The molecular formula is C30H32ClN3O4. The van der Waals surface area contributed by atoms with Crippen LogP contribution < -0.4 is 10.2 Å². The molecule has 1 aliphatic heterocycles. The van der Waals surface area contributed by atoms with Crippen LogP contribution in [0.2, 0.25) is 5.02 Å². The summed E-state index contributed by atoms with van der Waals surface area (Å²) < 4.78 is 5.74. The van der Waals surface area contributed by atoms with Crippen LogP contribution in [0.25, 0.3) is 0 Å². The number of carbonyl (C=O) groups excluding carboxylic acids is 3. The topological polar surface area (TPSA) is 79.0 Å². The highest BCUT2D eigenvalue weighted by molar-refractivity contribution is 6.30. The van der Waals surface area contributed by atoms with E-state index in [4.69, 9.17) is 16.3 Å². The average Bonchev–Trinajstić information content (AvgIpc) is 3.05. The zero-order chi connectivity index (χ0) is 27.4. The molecule has 3 amide bonds. The van der Waals surface area contributed by atoms with Crippen molar-refractivity contribution in [2.45, 2.75) is 31.8 Å². The van der Waals surface area contributed by atoms with Crippen LogP contribution in [-0.2, 0) is 9.53 Å². The third-order valence-corrected chi connectivity index (χ3v) is 7.17. The summed E-state index contributed by atoms with van der Waals surface area (Å²) >= 11 is 6.36. The van der Waals surface area contributed by atoms with E-state index < -0.39 is 0 Å². The first-order valence-corrected chi connectivity index (χ1v) is 12.9. The predicted octanol–water partition coefficient (Wildman–Crippen LogP) is 5.53. The van der Waals surface area contributed by atoms with E-state index in [2.05, 4.69) is 5.32 Å². The second kappa shape index (κ2) is 11.8. The van der Waals surface area contributed by atoms with Crippen molar-refractivity contribution in [3.63, 3.8) is 0 Å². The predicted molar refractivity (Wildman–Crippen MR) is 150 cm³/mol. The summed E-state index contributed by atoms with van der Waals surface area (Å²) in [5.41, 5.74) is 4.11. The Morgan fingerprint density at radius 2 is 1.76 bits per heavy atom. The largest absolute Gasteiger partial charge is 0.380 e. The van der Waals surface area contributed by atoms with Crippen LogP contribution in [0.4, 0.5) is 11.4 Å². The number of nitrogens with zero attached hydrogens (tertiary/aromatic N) is 2. The molecule has 2 atom stereocenters. The number of benzene rings is 3. The summed E-state index contributed by atoms with van der Waals surface area (Å²) in [6.45, 7) is 2.22. The zero-order valence-corrected chi connectivity index (χ0v) is 22.8. The molecule has 3 aromatic carbocycles. The van der Waals surface area contributed by atoms with E-state index in [1.54, 1.807) is 67.4 Å². The third-order valence-electron chi connectivity index (χ3n) is 6.93. The highest BCUT2D eigenvalue weighted by atomic mass is 35.5. The number of carbonyl (C=O) groups is 3. The molecule has 198 valence electrons. The fourth-order valence-corrected chi connectivity index (χ4v) is 4.93. The first-order valence-electron chi connectivity index (χ1n) is 12.5. The van der Waals surface area contributed by atoms with Crippen LogP contribution in [-0.4, -0.2) is 56.5 Å². The van der Waals surface area contributed by atoms with Gasteiger partial charge in [-0.05, 0) is 78.9 Å². The van der Waals surface area contributed by atoms with Crippen molar-refractivity contribution in [2.24, 2.45) is 0 Å². The molecule has 3 aromatic rings. The third kappa shape index (κ3) is 6.06. The first kappa shape index (κ1) is 27.4. The summed E-state index contributed by atoms with van der Waals surface area (Å²) in [5.74, 6) is -0.562. The Bertz CT molecular complexity index is 1340. The summed E-state index contributed by atoms with van der Waals surface area (Å²) in [5, 5.41) is 3.44. The fourth-order valence-electron chi connectivity index (χ4n) is 4.75. The van der Waals surface area contributed by atoms with Crippen molar-refractivity contribution < 1.29 is 19.1 Å². The van der Waals surface area contributed by atoms with E-state index in [0.29, 0.717) is 40.5 Å². The highest BCUT2D eigenvalue weighted by Crippen LogP contribution is 2.39. The lowest BCUT2D eigenvalue weighted by Crippen LogP contribution is -2.37. The Balaban J connectivity index is 1.61. The lowest BCUT2D eigenvalue weighted by molar-refractivity contribution is -0.129. The minimum Gasteiger partial charge on any atom is -0.380 e. The van der Waals surface area contributed by atoms with Crippen molar-refractivity contribution in [3.8, 4) is 0 Å². The van der Waals surface area contributed by atoms with E-state index in [-0.39, 0.29) is 36.2 Å². The Kier molecular flexibility index (Phi) is 8.49. The maximum atomic E-state index is 13.8. The normalized spacial score (nSPS) is 16.8. The number of amides is 3. The van der Waals surface area contributed by atoms with Crippen LogP contribution >= 0.6 is 11.6 Å². The molecule has 7 nitrogen and oxygen atoms in total. The van der Waals surface area contributed by atoms with Crippen molar-refractivity contribution in [3.05, 3.63) is 94.0 Å². The standard InChI is InChI=1S/C30H32ClN3O4/c1-19-7-5-6-8-25(19)29(36)32-23-12-9-20(10-13-23)30(37)34-18-24(38-4)15-21(16-28(35)33(2)3)26-17-22(31)11-14-27(26)34/h5-14,17,21,24H,15-16,18H2,1-4H3,(H,32,36). The number of halogens is 1. The van der Waals surface area contributed by atoms with Gasteiger partial charge in [0.15, 0.2) is 0 Å². The second-order valence-corrected chi connectivity index (χ2v) is 10.2. The monoisotopic (exact) mass is 533 g/mol. The van der Waals surface area contributed by atoms with Crippen LogP contribution in [0.3, 0.4) is 0 Å². The number of aryl methyl sites for hydroxylation is 1. The van der Waals surface area contributed by atoms with Gasteiger partial charge in [-0.25, -0.2) is 0 Å². The minimum atomic E-state index is -0.266. The molecule has 0 saturated heterocycles. The molecule has 0 saturated carbocycles. The summed E-state index contributed by atoms with van der Waals surface area (Å²) in [7, 11) is 5.08. The van der Waals surface area contributed by atoms with Crippen molar-refractivity contribution >= 4 is 40.7 Å². The lowest BCUT2D eigenvalue weighted by Gasteiger charge is -2.26. The van der Waals surface area contributed by atoms with E-state index in [0.717, 1.165) is 11.1 Å². The minimum absolute atomic E-state index is 0.00103. The second-order valence-electron chi connectivity index (χ2n) is 9.75. The lowest BCUT2D eigenvalue weighted by atomic mass is 9.89. The van der Waals surface area contributed by atoms with Gasteiger partial charge in [-0.1, -0.05) is 29.8 Å². The molecular weight excluding hydrogens is 502 g/mol. The molecule has 0 fully saturated rings. The zero-order valence-electron chi connectivity index (χ0n) is 22.0. The number of rotatable bonds is 6. The van der Waals surface area contributed by atoms with Gasteiger partial charge in [0, 0.05) is 55.2 Å². The first-order chi connectivity index (χ1) is 18.2. The highest BCUT2D eigenvalue weighted by Gasteiger charge is 2.33. The quantitative estimate of drug-likeness (QED) is 0.452. The van der Waals surface area contributed by atoms with E-state index in [9.17, 15) is 14.4 Å². The van der Waals surface area contributed by atoms with E-state index >= 15 is 0 Å². The number of fused-ring (bicyclic) bond motifs is 1. The Hall–Kier alpha value is -3.68. The van der Waals surface area contributed by atoms with Gasteiger partial charge in [-0.3, -0.25) is 14.4 Å². The number of hydrogen-bond donors (Lipinski definition) is 1. The molecule has 1 heterocycles.